The highest BCUT2D eigenvalue weighted by Gasteiger charge is 2.22. The molecule has 0 radical (unpaired) electrons. The van der Waals surface area contributed by atoms with Gasteiger partial charge in [0.25, 0.3) is 5.91 Å². The van der Waals surface area contributed by atoms with Crippen LogP contribution in [0, 0.1) is 5.92 Å². The second kappa shape index (κ2) is 6.93. The molecule has 7 nitrogen and oxygen atoms in total. The number of anilines is 1. The van der Waals surface area contributed by atoms with Gasteiger partial charge in [-0.15, -0.1) is 12.4 Å². The number of carbonyl (C=O) groups is 1. The Morgan fingerprint density at radius 1 is 1.50 bits per heavy atom. The van der Waals surface area contributed by atoms with Crippen molar-refractivity contribution in [2.24, 2.45) is 5.92 Å². The first-order chi connectivity index (χ1) is 10.1. The molecule has 22 heavy (non-hydrogen) atoms. The molecule has 1 aliphatic rings. The first-order valence-electron chi connectivity index (χ1n) is 7.24. The summed E-state index contributed by atoms with van der Waals surface area (Å²) in [7, 11) is 0. The van der Waals surface area contributed by atoms with E-state index < -0.39 is 0 Å². The third kappa shape index (κ3) is 3.31. The Balaban J connectivity index is 0.00000176. The van der Waals surface area contributed by atoms with E-state index in [1.807, 2.05) is 10.8 Å². The summed E-state index contributed by atoms with van der Waals surface area (Å²) >= 11 is 0. The van der Waals surface area contributed by atoms with E-state index in [0.29, 0.717) is 24.1 Å². The van der Waals surface area contributed by atoms with Gasteiger partial charge in [-0.25, -0.2) is 4.98 Å². The summed E-state index contributed by atoms with van der Waals surface area (Å²) < 4.78 is 1.94. The number of hydrogen-bond donors (Lipinski definition) is 3. The lowest BCUT2D eigenvalue weighted by Gasteiger charge is -2.13. The molecule has 3 N–H and O–H groups in total. The Kier molecular flexibility index (Phi) is 5.20. The van der Waals surface area contributed by atoms with E-state index in [0.717, 1.165) is 30.8 Å². The van der Waals surface area contributed by atoms with E-state index in [-0.39, 0.29) is 18.3 Å². The number of nitrogens with one attached hydrogen (secondary N) is 3. The summed E-state index contributed by atoms with van der Waals surface area (Å²) in [6.07, 6.45) is 4.44. The van der Waals surface area contributed by atoms with Gasteiger partial charge in [-0.3, -0.25) is 15.2 Å². The van der Waals surface area contributed by atoms with Crippen molar-refractivity contribution in [1.82, 2.24) is 25.1 Å². The number of H-pyrrole nitrogens is 1. The smallest absolute Gasteiger partial charge is 0.278 e. The number of aromatic nitrogens is 4. The Labute approximate surface area is 135 Å². The largest absolute Gasteiger partial charge is 0.317 e. The van der Waals surface area contributed by atoms with Gasteiger partial charge in [0.15, 0.2) is 5.69 Å². The van der Waals surface area contributed by atoms with Crippen LogP contribution in [0.4, 0.5) is 5.95 Å². The molecule has 120 valence electrons. The molecule has 3 heterocycles. The molecule has 2 aromatic rings. The highest BCUT2D eigenvalue weighted by atomic mass is 35.5. The predicted molar refractivity (Wildman–Crippen MR) is 86.3 cm³/mol. The van der Waals surface area contributed by atoms with Crippen molar-refractivity contribution in [2.45, 2.75) is 33.4 Å². The van der Waals surface area contributed by atoms with Crippen LogP contribution in [0.2, 0.25) is 0 Å². The minimum absolute atomic E-state index is 0. The van der Waals surface area contributed by atoms with Crippen molar-refractivity contribution in [3.05, 3.63) is 29.3 Å². The maximum Gasteiger partial charge on any atom is 0.278 e. The Bertz CT molecular complexity index is 648. The molecule has 0 saturated heterocycles. The molecule has 1 amide bonds. The molecule has 3 rings (SSSR count). The van der Waals surface area contributed by atoms with Gasteiger partial charge in [0, 0.05) is 49.7 Å². The predicted octanol–water partition coefficient (Wildman–Crippen LogP) is 1.58. The fraction of sp³-hybridized carbons (Fsp3) is 0.500. The normalized spacial score (nSPS) is 13.6. The Morgan fingerprint density at radius 3 is 3.09 bits per heavy atom. The number of hydrogen-bond acceptors (Lipinski definition) is 4. The van der Waals surface area contributed by atoms with Crippen LogP contribution < -0.4 is 10.6 Å². The van der Waals surface area contributed by atoms with E-state index in [1.165, 1.54) is 0 Å². The quantitative estimate of drug-likeness (QED) is 0.797. The van der Waals surface area contributed by atoms with Crippen molar-refractivity contribution < 1.29 is 4.79 Å². The molecular formula is C14H21ClN6O. The van der Waals surface area contributed by atoms with Gasteiger partial charge in [-0.1, -0.05) is 13.8 Å². The highest BCUT2D eigenvalue weighted by Crippen LogP contribution is 2.17. The van der Waals surface area contributed by atoms with Gasteiger partial charge in [-0.2, -0.15) is 5.10 Å². The van der Waals surface area contributed by atoms with Gasteiger partial charge in [0.2, 0.25) is 5.95 Å². The molecule has 1 aliphatic heterocycles. The van der Waals surface area contributed by atoms with Crippen LogP contribution in [-0.4, -0.2) is 32.2 Å². The second-order valence-electron chi connectivity index (χ2n) is 5.71. The van der Waals surface area contributed by atoms with Gasteiger partial charge in [0.1, 0.15) is 0 Å². The average Bonchev–Trinajstić information content (AvgIpc) is 3.05. The van der Waals surface area contributed by atoms with Crippen LogP contribution in [0.1, 0.15) is 35.6 Å². The monoisotopic (exact) mass is 324 g/mol. The number of aromatic amines is 1. The summed E-state index contributed by atoms with van der Waals surface area (Å²) in [5.41, 5.74) is 2.46. The molecule has 0 fully saturated rings. The maximum absolute atomic E-state index is 12.4. The standard InChI is InChI=1S/C14H20N6O.ClH/c1-9(2)8-20-6-5-16-14(20)17-13(21)12-10-7-15-4-3-11(10)18-19-12;/h5-6,9,15H,3-4,7-8H2,1-2H3,(H,18,19)(H,16,17,21);1H. The van der Waals surface area contributed by atoms with Gasteiger partial charge < -0.3 is 9.88 Å². The molecule has 0 spiro atoms. The van der Waals surface area contributed by atoms with Crippen molar-refractivity contribution >= 4 is 24.3 Å². The molecule has 0 aliphatic carbocycles. The third-order valence-corrected chi connectivity index (χ3v) is 3.52. The molecular weight excluding hydrogens is 304 g/mol. The lowest BCUT2D eigenvalue weighted by Crippen LogP contribution is -2.26. The van der Waals surface area contributed by atoms with Crippen LogP contribution >= 0.6 is 12.4 Å². The van der Waals surface area contributed by atoms with E-state index >= 15 is 0 Å². The number of rotatable bonds is 4. The number of fused-ring (bicyclic) bond motifs is 1. The van der Waals surface area contributed by atoms with E-state index in [2.05, 4.69) is 39.7 Å². The van der Waals surface area contributed by atoms with E-state index in [9.17, 15) is 4.79 Å². The average molecular weight is 325 g/mol. The van der Waals surface area contributed by atoms with Crippen LogP contribution in [0.5, 0.6) is 0 Å². The number of carbonyl (C=O) groups excluding carboxylic acids is 1. The summed E-state index contributed by atoms with van der Waals surface area (Å²) in [6.45, 7) is 6.66. The maximum atomic E-state index is 12.4. The summed E-state index contributed by atoms with van der Waals surface area (Å²) in [4.78, 5) is 16.6. The van der Waals surface area contributed by atoms with Crippen LogP contribution in [-0.2, 0) is 19.5 Å². The van der Waals surface area contributed by atoms with Crippen molar-refractivity contribution in [3.8, 4) is 0 Å². The zero-order valence-corrected chi connectivity index (χ0v) is 13.5. The van der Waals surface area contributed by atoms with Crippen molar-refractivity contribution in [2.75, 3.05) is 11.9 Å². The molecule has 0 bridgehead atoms. The molecule has 0 atom stereocenters. The SMILES string of the molecule is CC(C)Cn1ccnc1NC(=O)c1n[nH]c2c1CNCC2.Cl. The Hall–Kier alpha value is -1.86. The zero-order valence-electron chi connectivity index (χ0n) is 12.7. The number of nitrogens with zero attached hydrogens (tertiary/aromatic N) is 3. The first-order valence-corrected chi connectivity index (χ1v) is 7.24. The zero-order chi connectivity index (χ0) is 14.8. The number of halogens is 1. The van der Waals surface area contributed by atoms with Crippen molar-refractivity contribution in [3.63, 3.8) is 0 Å². The lowest BCUT2D eigenvalue weighted by molar-refractivity contribution is 0.101. The third-order valence-electron chi connectivity index (χ3n) is 3.52. The fourth-order valence-electron chi connectivity index (χ4n) is 2.55. The molecule has 0 saturated carbocycles. The van der Waals surface area contributed by atoms with Crippen LogP contribution in [0.3, 0.4) is 0 Å². The number of imidazole rings is 1. The first kappa shape index (κ1) is 16.5. The second-order valence-corrected chi connectivity index (χ2v) is 5.71. The molecule has 2 aromatic heterocycles. The van der Waals surface area contributed by atoms with Gasteiger partial charge in [-0.05, 0) is 5.92 Å². The molecule has 8 heteroatoms. The Morgan fingerprint density at radius 2 is 2.32 bits per heavy atom. The van der Waals surface area contributed by atoms with Gasteiger partial charge >= 0.3 is 0 Å². The van der Waals surface area contributed by atoms with Crippen molar-refractivity contribution in [1.29, 1.82) is 0 Å². The summed E-state index contributed by atoms with van der Waals surface area (Å²) in [6, 6.07) is 0. The fourth-order valence-corrected chi connectivity index (χ4v) is 2.55. The number of amides is 1. The highest BCUT2D eigenvalue weighted by molar-refractivity contribution is 6.03. The van der Waals surface area contributed by atoms with E-state index in [1.54, 1.807) is 6.20 Å². The summed E-state index contributed by atoms with van der Waals surface area (Å²) in [5, 5.41) is 13.2. The lowest BCUT2D eigenvalue weighted by atomic mass is 10.1. The molecule has 0 unspecified atom stereocenters. The minimum Gasteiger partial charge on any atom is -0.317 e. The topological polar surface area (TPSA) is 87.6 Å². The summed E-state index contributed by atoms with van der Waals surface area (Å²) in [5.74, 6) is 0.832. The van der Waals surface area contributed by atoms with Gasteiger partial charge in [0.05, 0.1) is 0 Å². The van der Waals surface area contributed by atoms with Crippen LogP contribution in [0.25, 0.3) is 0 Å². The minimum atomic E-state index is -0.215. The van der Waals surface area contributed by atoms with Crippen LogP contribution in [0.15, 0.2) is 12.4 Å². The molecule has 0 aromatic carbocycles. The van der Waals surface area contributed by atoms with E-state index in [4.69, 9.17) is 0 Å².